The fourth-order valence-electron chi connectivity index (χ4n) is 4.05. The van der Waals surface area contributed by atoms with Crippen LogP contribution < -0.4 is 0 Å². The molecule has 0 aromatic carbocycles. The number of ether oxygens (including phenoxy) is 2. The number of amides is 1. The third-order valence-electron chi connectivity index (χ3n) is 5.85. The Bertz CT molecular complexity index is 805. The SMILES string of the molecule is COC(c1ccco1)N(C)CCCCCCN(C(=O)CCCCC(C)=O)C(OC)c1ccco1. The van der Waals surface area contributed by atoms with Crippen LogP contribution in [0.25, 0.3) is 0 Å². The molecule has 0 N–H and O–H groups in total. The number of methoxy groups -OCH3 is 2. The predicted molar refractivity (Wildman–Crippen MR) is 129 cm³/mol. The van der Waals surface area contributed by atoms with Crippen LogP contribution in [-0.4, -0.2) is 55.8 Å². The molecular formula is C26H40N2O6. The molecule has 8 heteroatoms. The maximum atomic E-state index is 13.0. The van der Waals surface area contributed by atoms with Gasteiger partial charge in [0.25, 0.3) is 0 Å². The first-order valence-corrected chi connectivity index (χ1v) is 12.1. The Morgan fingerprint density at radius 3 is 1.91 bits per heavy atom. The van der Waals surface area contributed by atoms with Crippen molar-refractivity contribution in [2.24, 2.45) is 0 Å². The van der Waals surface area contributed by atoms with E-state index in [0.29, 0.717) is 31.6 Å². The van der Waals surface area contributed by atoms with E-state index in [1.165, 1.54) is 0 Å². The summed E-state index contributed by atoms with van der Waals surface area (Å²) in [6.07, 6.45) is 8.74. The van der Waals surface area contributed by atoms with Crippen molar-refractivity contribution in [3.05, 3.63) is 48.3 Å². The highest BCUT2D eigenvalue weighted by Gasteiger charge is 2.26. The Labute approximate surface area is 203 Å². The molecule has 2 aromatic heterocycles. The number of Topliss-reactive ketones (excluding diaryl/α,β-unsaturated/α-hetero) is 1. The topological polar surface area (TPSA) is 85.4 Å². The summed E-state index contributed by atoms with van der Waals surface area (Å²) in [5.41, 5.74) is 0. The fraction of sp³-hybridized carbons (Fsp3) is 0.615. The molecular weight excluding hydrogens is 436 g/mol. The molecule has 2 heterocycles. The molecule has 0 bridgehead atoms. The largest absolute Gasteiger partial charge is 0.465 e. The number of carbonyl (C=O) groups is 2. The first-order chi connectivity index (χ1) is 16.5. The zero-order valence-corrected chi connectivity index (χ0v) is 21.0. The summed E-state index contributed by atoms with van der Waals surface area (Å²) in [5, 5.41) is 0. The molecule has 8 nitrogen and oxygen atoms in total. The van der Waals surface area contributed by atoms with E-state index in [1.807, 2.05) is 25.2 Å². The van der Waals surface area contributed by atoms with E-state index in [-0.39, 0.29) is 17.9 Å². The van der Waals surface area contributed by atoms with Gasteiger partial charge in [0, 0.05) is 40.2 Å². The van der Waals surface area contributed by atoms with Gasteiger partial charge in [0.1, 0.15) is 11.5 Å². The maximum Gasteiger partial charge on any atom is 0.224 e. The summed E-state index contributed by atoms with van der Waals surface area (Å²) in [4.78, 5) is 28.1. The summed E-state index contributed by atoms with van der Waals surface area (Å²) in [6, 6.07) is 7.40. The second-order valence-corrected chi connectivity index (χ2v) is 8.60. The quantitative estimate of drug-likeness (QED) is 0.212. The highest BCUT2D eigenvalue weighted by Crippen LogP contribution is 2.25. The number of nitrogens with zero attached hydrogens (tertiary/aromatic N) is 2. The van der Waals surface area contributed by atoms with E-state index in [1.54, 1.807) is 44.6 Å². The van der Waals surface area contributed by atoms with Crippen LogP contribution in [0.15, 0.2) is 45.6 Å². The van der Waals surface area contributed by atoms with Crippen molar-refractivity contribution in [2.45, 2.75) is 70.7 Å². The lowest BCUT2D eigenvalue weighted by atomic mass is 10.1. The van der Waals surface area contributed by atoms with Gasteiger partial charge in [0.15, 0.2) is 18.2 Å². The van der Waals surface area contributed by atoms with Gasteiger partial charge >= 0.3 is 0 Å². The van der Waals surface area contributed by atoms with Crippen molar-refractivity contribution < 1.29 is 27.9 Å². The lowest BCUT2D eigenvalue weighted by Gasteiger charge is -2.29. The minimum absolute atomic E-state index is 0.0212. The monoisotopic (exact) mass is 476 g/mol. The number of furan rings is 2. The molecule has 2 unspecified atom stereocenters. The molecule has 0 aliphatic carbocycles. The average Bonchev–Trinajstić information content (AvgIpc) is 3.53. The van der Waals surface area contributed by atoms with Crippen molar-refractivity contribution in [3.63, 3.8) is 0 Å². The minimum atomic E-state index is -0.544. The molecule has 2 rings (SSSR count). The lowest BCUT2D eigenvalue weighted by Crippen LogP contribution is -2.36. The summed E-state index contributed by atoms with van der Waals surface area (Å²) in [5.74, 6) is 1.59. The van der Waals surface area contributed by atoms with Crippen LogP contribution in [0.4, 0.5) is 0 Å². The molecule has 2 atom stereocenters. The summed E-state index contributed by atoms with van der Waals surface area (Å²) < 4.78 is 22.2. The molecule has 190 valence electrons. The van der Waals surface area contributed by atoms with Gasteiger partial charge in [0.05, 0.1) is 12.5 Å². The van der Waals surface area contributed by atoms with Crippen molar-refractivity contribution in [2.75, 3.05) is 34.4 Å². The van der Waals surface area contributed by atoms with Crippen molar-refractivity contribution in [1.82, 2.24) is 9.80 Å². The Morgan fingerprint density at radius 1 is 0.824 bits per heavy atom. The Balaban J connectivity index is 1.80. The number of hydrogen-bond acceptors (Lipinski definition) is 7. The fourth-order valence-corrected chi connectivity index (χ4v) is 4.05. The molecule has 0 radical (unpaired) electrons. The van der Waals surface area contributed by atoms with Crippen LogP contribution in [0, 0.1) is 0 Å². The van der Waals surface area contributed by atoms with Crippen LogP contribution in [0.5, 0.6) is 0 Å². The van der Waals surface area contributed by atoms with E-state index < -0.39 is 6.23 Å². The second-order valence-electron chi connectivity index (χ2n) is 8.60. The molecule has 0 saturated heterocycles. The maximum absolute atomic E-state index is 13.0. The van der Waals surface area contributed by atoms with Gasteiger partial charge < -0.3 is 28.0 Å². The summed E-state index contributed by atoms with van der Waals surface area (Å²) in [7, 11) is 5.29. The van der Waals surface area contributed by atoms with Gasteiger partial charge in [-0.05, 0) is 63.9 Å². The van der Waals surface area contributed by atoms with Gasteiger partial charge in [-0.3, -0.25) is 9.69 Å². The van der Waals surface area contributed by atoms with E-state index in [2.05, 4.69) is 4.90 Å². The van der Waals surface area contributed by atoms with Crippen LogP contribution >= 0.6 is 0 Å². The van der Waals surface area contributed by atoms with Crippen LogP contribution in [0.3, 0.4) is 0 Å². The first-order valence-electron chi connectivity index (χ1n) is 12.1. The van der Waals surface area contributed by atoms with E-state index >= 15 is 0 Å². The Kier molecular flexibility index (Phi) is 12.7. The molecule has 0 aliphatic rings. The second kappa shape index (κ2) is 15.5. The Hall–Kier alpha value is -2.42. The van der Waals surface area contributed by atoms with Crippen LogP contribution in [-0.2, 0) is 19.1 Å². The molecule has 2 aromatic rings. The lowest BCUT2D eigenvalue weighted by molar-refractivity contribution is -0.146. The normalized spacial score (nSPS) is 13.2. The molecule has 0 saturated carbocycles. The van der Waals surface area contributed by atoms with Gasteiger partial charge in [-0.15, -0.1) is 0 Å². The number of hydrogen-bond donors (Lipinski definition) is 0. The molecule has 0 aliphatic heterocycles. The summed E-state index contributed by atoms with van der Waals surface area (Å²) >= 11 is 0. The van der Waals surface area contributed by atoms with Crippen LogP contribution in [0.2, 0.25) is 0 Å². The third-order valence-corrected chi connectivity index (χ3v) is 5.85. The van der Waals surface area contributed by atoms with Gasteiger partial charge in [-0.2, -0.15) is 0 Å². The molecule has 1 amide bonds. The van der Waals surface area contributed by atoms with Crippen LogP contribution in [0.1, 0.15) is 82.3 Å². The summed E-state index contributed by atoms with van der Waals surface area (Å²) in [6.45, 7) is 3.05. The van der Waals surface area contributed by atoms with E-state index in [4.69, 9.17) is 18.3 Å². The van der Waals surface area contributed by atoms with Crippen molar-refractivity contribution >= 4 is 11.7 Å². The average molecular weight is 477 g/mol. The Morgan fingerprint density at radius 2 is 1.38 bits per heavy atom. The number of ketones is 1. The minimum Gasteiger partial charge on any atom is -0.465 e. The number of carbonyl (C=O) groups excluding carboxylic acids is 2. The molecule has 34 heavy (non-hydrogen) atoms. The van der Waals surface area contributed by atoms with Gasteiger partial charge in [-0.25, -0.2) is 0 Å². The highest BCUT2D eigenvalue weighted by molar-refractivity contribution is 5.77. The number of rotatable bonds is 18. The standard InChI is InChI=1S/C26H40N2O6/c1-21(29)13-7-8-16-24(30)28(26(32-4)23-15-12-20-34-23)18-10-6-5-9-17-27(2)25(31-3)22-14-11-19-33-22/h11-12,14-15,19-20,25-26H,5-10,13,16-18H2,1-4H3. The predicted octanol–water partition coefficient (Wildman–Crippen LogP) is 5.33. The van der Waals surface area contributed by atoms with Crippen molar-refractivity contribution in [3.8, 4) is 0 Å². The first kappa shape index (κ1) is 27.8. The highest BCUT2D eigenvalue weighted by atomic mass is 16.5. The molecule has 0 spiro atoms. The van der Waals surface area contributed by atoms with Gasteiger partial charge in [-0.1, -0.05) is 12.8 Å². The van der Waals surface area contributed by atoms with Crippen molar-refractivity contribution in [1.29, 1.82) is 0 Å². The molecule has 0 fully saturated rings. The van der Waals surface area contributed by atoms with E-state index in [0.717, 1.165) is 44.4 Å². The van der Waals surface area contributed by atoms with Gasteiger partial charge in [0.2, 0.25) is 5.91 Å². The number of unbranched alkanes of at least 4 members (excludes halogenated alkanes) is 4. The zero-order valence-electron chi connectivity index (χ0n) is 21.0. The zero-order chi connectivity index (χ0) is 24.8. The third kappa shape index (κ3) is 9.08. The van der Waals surface area contributed by atoms with E-state index in [9.17, 15) is 9.59 Å². The smallest absolute Gasteiger partial charge is 0.224 e.